The van der Waals surface area contributed by atoms with Gasteiger partial charge in [0.2, 0.25) is 15.9 Å². The molecule has 1 amide bonds. The van der Waals surface area contributed by atoms with Crippen LogP contribution >= 0.6 is 11.3 Å². The zero-order valence-corrected chi connectivity index (χ0v) is 19.5. The second-order valence-corrected chi connectivity index (χ2v) is 10.7. The fourth-order valence-electron chi connectivity index (χ4n) is 3.74. The topological polar surface area (TPSA) is 95.7 Å². The monoisotopic (exact) mass is 488 g/mol. The molecule has 33 heavy (non-hydrogen) atoms. The Bertz CT molecular complexity index is 1240. The number of primary sulfonamides is 1. The van der Waals surface area contributed by atoms with E-state index in [0.717, 1.165) is 43.2 Å². The number of nitrogens with one attached hydrogen (secondary N) is 1. The zero-order chi connectivity index (χ0) is 23.4. The highest BCUT2D eigenvalue weighted by molar-refractivity contribution is 7.89. The summed E-state index contributed by atoms with van der Waals surface area (Å²) in [6.45, 7) is 4.23. The number of hydrogen-bond acceptors (Lipinski definition) is 6. The van der Waals surface area contributed by atoms with Gasteiger partial charge in [-0.25, -0.2) is 17.9 Å². The third-order valence-electron chi connectivity index (χ3n) is 5.43. The number of rotatable bonds is 7. The van der Waals surface area contributed by atoms with Crippen LogP contribution in [0.5, 0.6) is 0 Å². The maximum Gasteiger partial charge on any atom is 0.238 e. The van der Waals surface area contributed by atoms with Gasteiger partial charge in [-0.1, -0.05) is 18.2 Å². The summed E-state index contributed by atoms with van der Waals surface area (Å²) in [5.74, 6) is -0.437. The summed E-state index contributed by atoms with van der Waals surface area (Å²) < 4.78 is 36.4. The van der Waals surface area contributed by atoms with Crippen molar-refractivity contribution in [3.05, 3.63) is 71.4 Å². The minimum Gasteiger partial charge on any atom is -0.325 e. The van der Waals surface area contributed by atoms with E-state index in [0.29, 0.717) is 5.69 Å². The number of thiophene rings is 1. The fourth-order valence-corrected chi connectivity index (χ4v) is 5.35. The molecule has 1 aromatic heterocycles. The first-order valence-electron chi connectivity index (χ1n) is 10.5. The summed E-state index contributed by atoms with van der Waals surface area (Å²) in [5, 5.41) is 7.88. The highest BCUT2D eigenvalue weighted by atomic mass is 32.2. The number of anilines is 1. The molecule has 1 aliphatic heterocycles. The third-order valence-corrected chi connectivity index (χ3v) is 7.46. The van der Waals surface area contributed by atoms with Gasteiger partial charge in [0.05, 0.1) is 11.4 Å². The Labute approximate surface area is 196 Å². The van der Waals surface area contributed by atoms with Crippen LogP contribution < -0.4 is 10.5 Å². The van der Waals surface area contributed by atoms with Gasteiger partial charge in [-0.2, -0.15) is 0 Å². The van der Waals surface area contributed by atoms with Crippen molar-refractivity contribution in [2.45, 2.75) is 11.4 Å². The maximum absolute atomic E-state index is 13.5. The Morgan fingerprint density at radius 2 is 1.73 bits per heavy atom. The van der Waals surface area contributed by atoms with E-state index in [9.17, 15) is 17.6 Å². The number of hydrogen-bond donors (Lipinski definition) is 2. The average molecular weight is 489 g/mol. The van der Waals surface area contributed by atoms with Crippen LogP contribution in [0.1, 0.15) is 4.88 Å². The summed E-state index contributed by atoms with van der Waals surface area (Å²) in [7, 11) is -3.82. The first-order chi connectivity index (χ1) is 15.8. The Balaban J connectivity index is 1.25. The van der Waals surface area contributed by atoms with Gasteiger partial charge in [0.1, 0.15) is 5.82 Å². The quantitative estimate of drug-likeness (QED) is 0.533. The van der Waals surface area contributed by atoms with Gasteiger partial charge >= 0.3 is 0 Å². The molecule has 0 saturated carbocycles. The molecule has 1 saturated heterocycles. The molecule has 4 rings (SSSR count). The molecule has 3 N–H and O–H groups in total. The molecule has 0 atom stereocenters. The van der Waals surface area contributed by atoms with Crippen LogP contribution in [0.4, 0.5) is 10.1 Å². The highest BCUT2D eigenvalue weighted by Gasteiger charge is 2.20. The molecule has 0 radical (unpaired) electrons. The smallest absolute Gasteiger partial charge is 0.238 e. The number of carbonyl (C=O) groups excluding carboxylic acids is 1. The van der Waals surface area contributed by atoms with Crippen molar-refractivity contribution in [3.63, 3.8) is 0 Å². The van der Waals surface area contributed by atoms with E-state index in [4.69, 9.17) is 5.14 Å². The predicted molar refractivity (Wildman–Crippen MR) is 128 cm³/mol. The molecular formula is C23H25FN4O3S2. The largest absolute Gasteiger partial charge is 0.325 e. The van der Waals surface area contributed by atoms with E-state index >= 15 is 0 Å². The van der Waals surface area contributed by atoms with Gasteiger partial charge in [-0.15, -0.1) is 11.3 Å². The Hall–Kier alpha value is -2.63. The van der Waals surface area contributed by atoms with Gasteiger partial charge in [0.15, 0.2) is 0 Å². The fraction of sp³-hybridized carbons (Fsp3) is 0.261. The minimum atomic E-state index is -3.82. The molecule has 3 aromatic rings. The molecule has 0 aliphatic carbocycles. The SMILES string of the molecule is NS(=O)(=O)c1cccc(NC(=O)CN2CCN(Cc3ccc(-c4cccc(F)c4)s3)CC2)c1. The number of nitrogens with two attached hydrogens (primary N) is 1. The van der Waals surface area contributed by atoms with Crippen molar-refractivity contribution in [1.82, 2.24) is 9.80 Å². The van der Waals surface area contributed by atoms with Crippen LogP contribution in [-0.2, 0) is 21.4 Å². The van der Waals surface area contributed by atoms with E-state index in [-0.39, 0.29) is 23.2 Å². The van der Waals surface area contributed by atoms with E-state index in [2.05, 4.69) is 21.2 Å². The molecule has 0 spiro atoms. The van der Waals surface area contributed by atoms with Gasteiger partial charge < -0.3 is 5.32 Å². The van der Waals surface area contributed by atoms with Crippen LogP contribution in [0.15, 0.2) is 65.6 Å². The second-order valence-electron chi connectivity index (χ2n) is 7.95. The lowest BCUT2D eigenvalue weighted by Crippen LogP contribution is -2.48. The van der Waals surface area contributed by atoms with Gasteiger partial charge in [0, 0.05) is 48.2 Å². The number of amides is 1. The molecule has 1 fully saturated rings. The van der Waals surface area contributed by atoms with E-state index < -0.39 is 10.0 Å². The van der Waals surface area contributed by atoms with Crippen LogP contribution in [-0.4, -0.2) is 56.8 Å². The molecule has 2 heterocycles. The number of carbonyl (C=O) groups is 1. The summed E-state index contributed by atoms with van der Waals surface area (Å²) in [6, 6.07) is 16.6. The van der Waals surface area contributed by atoms with Crippen molar-refractivity contribution >= 4 is 33.0 Å². The molecule has 10 heteroatoms. The average Bonchev–Trinajstić information content (AvgIpc) is 3.23. The Kier molecular flexibility index (Phi) is 7.20. The summed E-state index contributed by atoms with van der Waals surface area (Å²) >= 11 is 1.67. The van der Waals surface area contributed by atoms with Crippen LogP contribution in [0.3, 0.4) is 0 Å². The van der Waals surface area contributed by atoms with Crippen molar-refractivity contribution in [2.75, 3.05) is 38.0 Å². The molecule has 0 bridgehead atoms. The number of benzene rings is 2. The number of nitrogens with zero attached hydrogens (tertiary/aromatic N) is 2. The molecule has 1 aliphatic rings. The van der Waals surface area contributed by atoms with E-state index in [1.807, 2.05) is 12.1 Å². The van der Waals surface area contributed by atoms with E-state index in [1.165, 1.54) is 23.1 Å². The Morgan fingerprint density at radius 3 is 2.45 bits per heavy atom. The first-order valence-corrected chi connectivity index (χ1v) is 12.8. The third kappa shape index (κ3) is 6.46. The van der Waals surface area contributed by atoms with Crippen LogP contribution in [0.25, 0.3) is 10.4 Å². The number of sulfonamides is 1. The molecule has 7 nitrogen and oxygen atoms in total. The van der Waals surface area contributed by atoms with Crippen LogP contribution in [0, 0.1) is 5.82 Å². The van der Waals surface area contributed by atoms with Crippen molar-refractivity contribution in [3.8, 4) is 10.4 Å². The lowest BCUT2D eigenvalue weighted by atomic mass is 10.2. The number of halogens is 1. The van der Waals surface area contributed by atoms with Crippen molar-refractivity contribution < 1.29 is 17.6 Å². The van der Waals surface area contributed by atoms with Crippen molar-refractivity contribution in [2.24, 2.45) is 5.14 Å². The van der Waals surface area contributed by atoms with Gasteiger partial charge in [-0.05, 0) is 48.0 Å². The van der Waals surface area contributed by atoms with E-state index in [1.54, 1.807) is 35.6 Å². The molecular weight excluding hydrogens is 463 g/mol. The maximum atomic E-state index is 13.5. The zero-order valence-electron chi connectivity index (χ0n) is 17.9. The molecule has 174 valence electrons. The lowest BCUT2D eigenvalue weighted by molar-refractivity contribution is -0.117. The summed E-state index contributed by atoms with van der Waals surface area (Å²) in [4.78, 5) is 19.0. The first kappa shape index (κ1) is 23.5. The normalized spacial score (nSPS) is 15.5. The summed E-state index contributed by atoms with van der Waals surface area (Å²) in [5.41, 5.74) is 1.29. The highest BCUT2D eigenvalue weighted by Crippen LogP contribution is 2.29. The summed E-state index contributed by atoms with van der Waals surface area (Å²) in [6.07, 6.45) is 0. The second kappa shape index (κ2) is 10.1. The van der Waals surface area contributed by atoms with Gasteiger partial charge in [0.25, 0.3) is 0 Å². The lowest BCUT2D eigenvalue weighted by Gasteiger charge is -2.34. The van der Waals surface area contributed by atoms with Gasteiger partial charge in [-0.3, -0.25) is 14.6 Å². The molecule has 0 unspecified atom stereocenters. The van der Waals surface area contributed by atoms with Crippen molar-refractivity contribution in [1.29, 1.82) is 0 Å². The Morgan fingerprint density at radius 1 is 1.00 bits per heavy atom. The minimum absolute atomic E-state index is 0.0388. The molecule has 2 aromatic carbocycles. The standard InChI is InChI=1S/C23H25FN4O3S2/c24-18-4-1-3-17(13-18)22-8-7-20(32-22)15-27-9-11-28(12-10-27)16-23(29)26-19-5-2-6-21(14-19)33(25,30)31/h1-8,13-14H,9-12,15-16H2,(H,26,29)(H2,25,30,31). The van der Waals surface area contributed by atoms with Crippen LogP contribution in [0.2, 0.25) is 0 Å². The predicted octanol–water partition coefficient (Wildman–Crippen LogP) is 2.96. The number of piperazine rings is 1.